The normalized spacial score (nSPS) is 12.8. The number of hydrogen-bond acceptors (Lipinski definition) is 4. The molecule has 5 rings (SSSR count). The van der Waals surface area contributed by atoms with Crippen LogP contribution < -0.4 is 4.90 Å². The molecular formula is C25H21FN4OS. The lowest BCUT2D eigenvalue weighted by Crippen LogP contribution is -2.28. The Balaban J connectivity index is 1.41. The number of anilines is 2. The SMILES string of the molecule is Cn1c(SCC(=O)N2c3ccccc3CCc3ccccc32)nnc1-c1ccc(F)cc1. The van der Waals surface area contributed by atoms with Crippen molar-refractivity contribution >= 4 is 29.0 Å². The molecule has 160 valence electrons. The van der Waals surface area contributed by atoms with Crippen LogP contribution in [0.4, 0.5) is 15.8 Å². The summed E-state index contributed by atoms with van der Waals surface area (Å²) >= 11 is 1.35. The van der Waals surface area contributed by atoms with Crippen molar-refractivity contribution in [2.75, 3.05) is 10.7 Å². The molecular weight excluding hydrogens is 423 g/mol. The van der Waals surface area contributed by atoms with Crippen molar-refractivity contribution in [3.05, 3.63) is 89.7 Å². The van der Waals surface area contributed by atoms with Crippen LogP contribution in [-0.2, 0) is 24.7 Å². The van der Waals surface area contributed by atoms with E-state index in [0.717, 1.165) is 29.8 Å². The van der Waals surface area contributed by atoms with Crippen LogP contribution in [-0.4, -0.2) is 26.4 Å². The minimum Gasteiger partial charge on any atom is -0.305 e. The van der Waals surface area contributed by atoms with Gasteiger partial charge in [0.05, 0.1) is 17.1 Å². The molecule has 1 aliphatic heterocycles. The van der Waals surface area contributed by atoms with Crippen molar-refractivity contribution in [2.45, 2.75) is 18.0 Å². The summed E-state index contributed by atoms with van der Waals surface area (Å²) in [6, 6.07) is 22.3. The summed E-state index contributed by atoms with van der Waals surface area (Å²) in [5.74, 6) is 0.542. The molecule has 0 aliphatic carbocycles. The highest BCUT2D eigenvalue weighted by Gasteiger charge is 2.26. The number of thioether (sulfide) groups is 1. The Morgan fingerprint density at radius 3 is 2.12 bits per heavy atom. The van der Waals surface area contributed by atoms with Gasteiger partial charge < -0.3 is 4.57 Å². The van der Waals surface area contributed by atoms with E-state index < -0.39 is 0 Å². The second kappa shape index (κ2) is 8.59. The zero-order valence-corrected chi connectivity index (χ0v) is 18.3. The van der Waals surface area contributed by atoms with Gasteiger partial charge in [-0.3, -0.25) is 9.69 Å². The van der Waals surface area contributed by atoms with E-state index in [1.165, 1.54) is 35.0 Å². The number of amides is 1. The highest BCUT2D eigenvalue weighted by atomic mass is 32.2. The number of carbonyl (C=O) groups excluding carboxylic acids is 1. The van der Waals surface area contributed by atoms with E-state index >= 15 is 0 Å². The van der Waals surface area contributed by atoms with Gasteiger partial charge in [-0.05, 0) is 60.4 Å². The van der Waals surface area contributed by atoms with Gasteiger partial charge >= 0.3 is 0 Å². The van der Waals surface area contributed by atoms with Crippen LogP contribution in [0.15, 0.2) is 78.0 Å². The van der Waals surface area contributed by atoms with E-state index in [-0.39, 0.29) is 17.5 Å². The fraction of sp³-hybridized carbons (Fsp3) is 0.160. The summed E-state index contributed by atoms with van der Waals surface area (Å²) < 4.78 is 15.1. The van der Waals surface area contributed by atoms with Gasteiger partial charge in [0.1, 0.15) is 5.82 Å². The summed E-state index contributed by atoms with van der Waals surface area (Å²) in [6.45, 7) is 0. The maximum absolute atomic E-state index is 13.5. The molecule has 0 unspecified atom stereocenters. The first-order valence-electron chi connectivity index (χ1n) is 10.4. The van der Waals surface area contributed by atoms with Crippen LogP contribution in [0.2, 0.25) is 0 Å². The topological polar surface area (TPSA) is 51.0 Å². The quantitative estimate of drug-likeness (QED) is 0.407. The van der Waals surface area contributed by atoms with Gasteiger partial charge in [-0.1, -0.05) is 48.2 Å². The maximum Gasteiger partial charge on any atom is 0.242 e. The first-order chi connectivity index (χ1) is 15.6. The summed E-state index contributed by atoms with van der Waals surface area (Å²) in [7, 11) is 1.85. The molecule has 5 nitrogen and oxygen atoms in total. The van der Waals surface area contributed by atoms with E-state index in [4.69, 9.17) is 0 Å². The van der Waals surface area contributed by atoms with Gasteiger partial charge in [-0.25, -0.2) is 4.39 Å². The van der Waals surface area contributed by atoms with E-state index in [1.807, 2.05) is 52.9 Å². The average Bonchev–Trinajstić information content (AvgIpc) is 3.09. The molecule has 7 heteroatoms. The maximum atomic E-state index is 13.5. The fourth-order valence-corrected chi connectivity index (χ4v) is 4.79. The van der Waals surface area contributed by atoms with Gasteiger partial charge in [0.25, 0.3) is 0 Å². The summed E-state index contributed by atoms with van der Waals surface area (Å²) in [5, 5.41) is 9.12. The number of benzene rings is 3. The molecule has 0 N–H and O–H groups in total. The van der Waals surface area contributed by atoms with Crippen LogP contribution in [0.25, 0.3) is 11.4 Å². The van der Waals surface area contributed by atoms with Crippen LogP contribution in [0, 0.1) is 5.82 Å². The van der Waals surface area contributed by atoms with Crippen LogP contribution in [0.5, 0.6) is 0 Å². The summed E-state index contributed by atoms with van der Waals surface area (Å²) in [4.78, 5) is 15.3. The highest BCUT2D eigenvalue weighted by molar-refractivity contribution is 7.99. The number of fused-ring (bicyclic) bond motifs is 2. The van der Waals surface area contributed by atoms with Crippen LogP contribution in [0.1, 0.15) is 11.1 Å². The predicted octanol–water partition coefficient (Wildman–Crippen LogP) is 5.18. The van der Waals surface area contributed by atoms with Gasteiger partial charge in [-0.2, -0.15) is 0 Å². The third kappa shape index (κ3) is 3.80. The number of carbonyl (C=O) groups is 1. The molecule has 1 aromatic heterocycles. The van der Waals surface area contributed by atoms with Gasteiger partial charge in [0, 0.05) is 12.6 Å². The monoisotopic (exact) mass is 444 g/mol. The third-order valence-corrected chi connectivity index (χ3v) is 6.65. The minimum atomic E-state index is -0.297. The Labute approximate surface area is 189 Å². The molecule has 0 fully saturated rings. The molecule has 0 radical (unpaired) electrons. The molecule has 0 spiro atoms. The smallest absolute Gasteiger partial charge is 0.242 e. The minimum absolute atomic E-state index is 0.0110. The molecule has 1 aliphatic rings. The van der Waals surface area contributed by atoms with Crippen molar-refractivity contribution < 1.29 is 9.18 Å². The number of nitrogens with zero attached hydrogens (tertiary/aromatic N) is 4. The number of aryl methyl sites for hydroxylation is 2. The fourth-order valence-electron chi connectivity index (χ4n) is 4.03. The number of hydrogen-bond donors (Lipinski definition) is 0. The number of para-hydroxylation sites is 2. The Kier molecular flexibility index (Phi) is 5.49. The molecule has 32 heavy (non-hydrogen) atoms. The molecule has 3 aromatic carbocycles. The number of rotatable bonds is 4. The van der Waals surface area contributed by atoms with Crippen LogP contribution in [0.3, 0.4) is 0 Å². The third-order valence-electron chi connectivity index (χ3n) is 5.64. The van der Waals surface area contributed by atoms with E-state index in [0.29, 0.717) is 11.0 Å². The van der Waals surface area contributed by atoms with Gasteiger partial charge in [0.15, 0.2) is 11.0 Å². The van der Waals surface area contributed by atoms with Crippen LogP contribution >= 0.6 is 11.8 Å². The first-order valence-corrected chi connectivity index (χ1v) is 11.4. The predicted molar refractivity (Wildman–Crippen MR) is 125 cm³/mol. The first kappa shape index (κ1) is 20.5. The standard InChI is InChI=1S/C25H21FN4OS/c1-29-24(19-12-14-20(26)15-13-19)27-28-25(29)32-16-23(31)30-21-8-4-2-6-17(21)10-11-18-7-3-5-9-22(18)30/h2-9,12-15H,10-11,16H2,1H3. The Morgan fingerprint density at radius 1 is 0.906 bits per heavy atom. The Morgan fingerprint density at radius 2 is 1.50 bits per heavy atom. The lowest BCUT2D eigenvalue weighted by molar-refractivity contribution is -0.115. The molecule has 2 heterocycles. The van der Waals surface area contributed by atoms with E-state index in [9.17, 15) is 9.18 Å². The number of halogens is 1. The van der Waals surface area contributed by atoms with Crippen molar-refractivity contribution in [2.24, 2.45) is 7.05 Å². The zero-order valence-electron chi connectivity index (χ0n) is 17.5. The lowest BCUT2D eigenvalue weighted by atomic mass is 10.0. The van der Waals surface area contributed by atoms with E-state index in [1.54, 1.807) is 12.1 Å². The number of aromatic nitrogens is 3. The Hall–Kier alpha value is -3.45. The van der Waals surface area contributed by atoms with Crippen molar-refractivity contribution in [1.29, 1.82) is 0 Å². The Bertz CT molecular complexity index is 1240. The van der Waals surface area contributed by atoms with Crippen molar-refractivity contribution in [1.82, 2.24) is 14.8 Å². The molecule has 0 saturated carbocycles. The largest absolute Gasteiger partial charge is 0.305 e. The molecule has 0 bridgehead atoms. The molecule has 1 amide bonds. The second-order valence-corrected chi connectivity index (χ2v) is 8.59. The van der Waals surface area contributed by atoms with Crippen molar-refractivity contribution in [3.8, 4) is 11.4 Å². The lowest BCUT2D eigenvalue weighted by Gasteiger charge is -2.24. The average molecular weight is 445 g/mol. The second-order valence-electron chi connectivity index (χ2n) is 7.65. The molecule has 0 atom stereocenters. The van der Waals surface area contributed by atoms with Crippen molar-refractivity contribution in [3.63, 3.8) is 0 Å². The molecule has 0 saturated heterocycles. The van der Waals surface area contributed by atoms with Gasteiger partial charge in [0.2, 0.25) is 5.91 Å². The molecule has 4 aromatic rings. The summed E-state index contributed by atoms with van der Waals surface area (Å²) in [5.41, 5.74) is 4.98. The van der Waals surface area contributed by atoms with Gasteiger partial charge in [-0.15, -0.1) is 10.2 Å². The van der Waals surface area contributed by atoms with E-state index in [2.05, 4.69) is 22.3 Å². The summed E-state index contributed by atoms with van der Waals surface area (Å²) in [6.07, 6.45) is 1.79. The zero-order chi connectivity index (χ0) is 22.1. The highest BCUT2D eigenvalue weighted by Crippen LogP contribution is 2.36.